The van der Waals surface area contributed by atoms with Crippen LogP contribution in [0.25, 0.3) is 0 Å². The third kappa shape index (κ3) is 4.58. The van der Waals surface area contributed by atoms with E-state index < -0.39 is 0 Å². The van der Waals surface area contributed by atoms with Crippen LogP contribution < -0.4 is 10.6 Å². The van der Waals surface area contributed by atoms with Crippen LogP contribution in [0.3, 0.4) is 0 Å². The van der Waals surface area contributed by atoms with Crippen molar-refractivity contribution in [2.75, 3.05) is 13.1 Å². The van der Waals surface area contributed by atoms with E-state index in [2.05, 4.69) is 15.7 Å². The lowest BCUT2D eigenvalue weighted by atomic mass is 10.1. The van der Waals surface area contributed by atoms with Crippen LogP contribution in [0.4, 0.5) is 0 Å². The molecule has 0 aliphatic rings. The monoisotopic (exact) mass is 330 g/mol. The van der Waals surface area contributed by atoms with E-state index in [4.69, 9.17) is 0 Å². The molecule has 0 fully saturated rings. The molecule has 7 heteroatoms. The lowest BCUT2D eigenvalue weighted by Crippen LogP contribution is -2.34. The van der Waals surface area contributed by atoms with Gasteiger partial charge >= 0.3 is 0 Å². The Hall–Kier alpha value is -2.83. The first-order chi connectivity index (χ1) is 11.3. The van der Waals surface area contributed by atoms with E-state index in [0.717, 1.165) is 0 Å². The first-order valence-corrected chi connectivity index (χ1v) is 7.68. The highest BCUT2D eigenvalue weighted by atomic mass is 16.3. The molecule has 7 nitrogen and oxygen atoms in total. The van der Waals surface area contributed by atoms with Crippen LogP contribution in [0.15, 0.2) is 36.7 Å². The highest BCUT2D eigenvalue weighted by Crippen LogP contribution is 2.13. The van der Waals surface area contributed by atoms with E-state index >= 15 is 0 Å². The third-order valence-electron chi connectivity index (χ3n) is 3.36. The SMILES string of the molecule is CC(C)(C)n1cc(C(=O)NCCNC(=O)c2ccc(O)cc2)cn1. The summed E-state index contributed by atoms with van der Waals surface area (Å²) < 4.78 is 1.73. The minimum Gasteiger partial charge on any atom is -0.508 e. The Kier molecular flexibility index (Phi) is 5.23. The molecular weight excluding hydrogens is 308 g/mol. The van der Waals surface area contributed by atoms with Crippen molar-refractivity contribution in [3.8, 4) is 5.75 Å². The Balaban J connectivity index is 1.77. The molecule has 2 amide bonds. The van der Waals surface area contributed by atoms with Crippen molar-refractivity contribution in [3.63, 3.8) is 0 Å². The van der Waals surface area contributed by atoms with E-state index in [1.165, 1.54) is 30.5 Å². The molecule has 24 heavy (non-hydrogen) atoms. The summed E-state index contributed by atoms with van der Waals surface area (Å²) in [6.45, 7) is 6.61. The molecule has 0 unspecified atom stereocenters. The minimum atomic E-state index is -0.259. The second-order valence-corrected chi connectivity index (χ2v) is 6.40. The van der Waals surface area contributed by atoms with Gasteiger partial charge in [0.2, 0.25) is 0 Å². The van der Waals surface area contributed by atoms with Crippen LogP contribution in [0.1, 0.15) is 41.5 Å². The van der Waals surface area contributed by atoms with Crippen LogP contribution in [0.2, 0.25) is 0 Å². The maximum Gasteiger partial charge on any atom is 0.254 e. The molecule has 1 heterocycles. The van der Waals surface area contributed by atoms with Gasteiger partial charge in [0.15, 0.2) is 0 Å². The van der Waals surface area contributed by atoms with Crippen LogP contribution in [-0.4, -0.2) is 39.8 Å². The number of nitrogens with zero attached hydrogens (tertiary/aromatic N) is 2. The smallest absolute Gasteiger partial charge is 0.254 e. The number of amides is 2. The molecule has 128 valence electrons. The highest BCUT2D eigenvalue weighted by molar-refractivity contribution is 5.95. The van der Waals surface area contributed by atoms with E-state index in [0.29, 0.717) is 24.2 Å². The number of hydrogen-bond donors (Lipinski definition) is 3. The van der Waals surface area contributed by atoms with E-state index in [1.54, 1.807) is 10.9 Å². The zero-order chi connectivity index (χ0) is 17.7. The number of hydrogen-bond acceptors (Lipinski definition) is 4. The lowest BCUT2D eigenvalue weighted by Gasteiger charge is -2.18. The summed E-state index contributed by atoms with van der Waals surface area (Å²) in [5.41, 5.74) is 0.747. The number of nitrogens with one attached hydrogen (secondary N) is 2. The molecule has 1 aromatic carbocycles. The second-order valence-electron chi connectivity index (χ2n) is 6.40. The standard InChI is InChI=1S/C17H22N4O3/c1-17(2,3)21-11-13(10-20-21)16(24)19-9-8-18-15(23)12-4-6-14(22)7-5-12/h4-7,10-11,22H,8-9H2,1-3H3,(H,18,23)(H,19,24). The summed E-state index contributed by atoms with van der Waals surface area (Å²) in [4.78, 5) is 23.9. The number of aromatic hydroxyl groups is 1. The van der Waals surface area contributed by atoms with E-state index in [-0.39, 0.29) is 23.1 Å². The van der Waals surface area contributed by atoms with Gasteiger partial charge in [0, 0.05) is 24.8 Å². The number of benzene rings is 1. The fourth-order valence-corrected chi connectivity index (χ4v) is 1.98. The van der Waals surface area contributed by atoms with Crippen molar-refractivity contribution in [2.45, 2.75) is 26.3 Å². The molecular formula is C17H22N4O3. The van der Waals surface area contributed by atoms with Gasteiger partial charge in [0.05, 0.1) is 17.3 Å². The average Bonchev–Trinajstić information content (AvgIpc) is 3.02. The molecule has 2 rings (SSSR count). The van der Waals surface area contributed by atoms with Crippen LogP contribution in [0.5, 0.6) is 5.75 Å². The molecule has 3 N–H and O–H groups in total. The third-order valence-corrected chi connectivity index (χ3v) is 3.36. The Labute approximate surface area is 140 Å². The molecule has 0 spiro atoms. The molecule has 2 aromatic rings. The van der Waals surface area contributed by atoms with Gasteiger partial charge in [-0.3, -0.25) is 14.3 Å². The predicted molar refractivity (Wildman–Crippen MR) is 90.0 cm³/mol. The van der Waals surface area contributed by atoms with Crippen molar-refractivity contribution in [1.82, 2.24) is 20.4 Å². The van der Waals surface area contributed by atoms with Gasteiger partial charge < -0.3 is 15.7 Å². The fraction of sp³-hybridized carbons (Fsp3) is 0.353. The van der Waals surface area contributed by atoms with E-state index in [9.17, 15) is 14.7 Å². The second kappa shape index (κ2) is 7.16. The zero-order valence-electron chi connectivity index (χ0n) is 14.0. The largest absolute Gasteiger partial charge is 0.508 e. The lowest BCUT2D eigenvalue weighted by molar-refractivity contribution is 0.0927. The molecule has 0 radical (unpaired) electrons. The van der Waals surface area contributed by atoms with Gasteiger partial charge in [-0.2, -0.15) is 5.10 Å². The average molecular weight is 330 g/mol. The number of rotatable bonds is 5. The molecule has 0 saturated carbocycles. The molecule has 1 aromatic heterocycles. The van der Waals surface area contributed by atoms with Crippen molar-refractivity contribution >= 4 is 11.8 Å². The topological polar surface area (TPSA) is 96.2 Å². The predicted octanol–water partition coefficient (Wildman–Crippen LogP) is 1.50. The zero-order valence-corrected chi connectivity index (χ0v) is 14.0. The molecule has 0 atom stereocenters. The normalized spacial score (nSPS) is 11.1. The summed E-state index contributed by atoms with van der Waals surface area (Å²) in [6, 6.07) is 5.96. The van der Waals surface area contributed by atoms with Crippen LogP contribution in [0, 0.1) is 0 Å². The molecule has 0 aliphatic carbocycles. The van der Waals surface area contributed by atoms with Gasteiger partial charge in [0.25, 0.3) is 11.8 Å². The Morgan fingerprint density at radius 1 is 1.04 bits per heavy atom. The van der Waals surface area contributed by atoms with Crippen molar-refractivity contribution in [1.29, 1.82) is 0 Å². The van der Waals surface area contributed by atoms with Gasteiger partial charge in [-0.05, 0) is 45.0 Å². The first kappa shape index (κ1) is 17.5. The quantitative estimate of drug-likeness (QED) is 0.724. The summed E-state index contributed by atoms with van der Waals surface area (Å²) in [7, 11) is 0. The number of carbonyl (C=O) groups is 2. The van der Waals surface area contributed by atoms with Crippen molar-refractivity contribution < 1.29 is 14.7 Å². The summed E-state index contributed by atoms with van der Waals surface area (Å²) in [6.07, 6.45) is 3.22. The molecule has 0 bridgehead atoms. The first-order valence-electron chi connectivity index (χ1n) is 7.68. The molecule has 0 aliphatic heterocycles. The maximum atomic E-state index is 12.0. The number of phenolic OH excluding ortho intramolecular Hbond substituents is 1. The van der Waals surface area contributed by atoms with Crippen LogP contribution >= 0.6 is 0 Å². The van der Waals surface area contributed by atoms with Gasteiger partial charge in [-0.1, -0.05) is 0 Å². The van der Waals surface area contributed by atoms with Crippen LogP contribution in [-0.2, 0) is 5.54 Å². The minimum absolute atomic E-state index is 0.106. The Bertz CT molecular complexity index is 714. The number of carbonyl (C=O) groups excluding carboxylic acids is 2. The summed E-state index contributed by atoms with van der Waals surface area (Å²) in [5.74, 6) is -0.385. The Morgan fingerprint density at radius 3 is 2.08 bits per heavy atom. The maximum absolute atomic E-state index is 12.0. The van der Waals surface area contributed by atoms with Crippen molar-refractivity contribution in [3.05, 3.63) is 47.8 Å². The van der Waals surface area contributed by atoms with Gasteiger partial charge in [-0.15, -0.1) is 0 Å². The van der Waals surface area contributed by atoms with Gasteiger partial charge in [0.1, 0.15) is 5.75 Å². The van der Waals surface area contributed by atoms with Gasteiger partial charge in [-0.25, -0.2) is 0 Å². The van der Waals surface area contributed by atoms with Crippen molar-refractivity contribution in [2.24, 2.45) is 0 Å². The summed E-state index contributed by atoms with van der Waals surface area (Å²) >= 11 is 0. The number of phenols is 1. The summed E-state index contributed by atoms with van der Waals surface area (Å²) in [5, 5.41) is 18.8. The van der Waals surface area contributed by atoms with E-state index in [1.807, 2.05) is 20.8 Å². The fourth-order valence-electron chi connectivity index (χ4n) is 1.98. The number of aromatic nitrogens is 2. The molecule has 0 saturated heterocycles. The Morgan fingerprint density at radius 2 is 1.58 bits per heavy atom. The highest BCUT2D eigenvalue weighted by Gasteiger charge is 2.16.